The van der Waals surface area contributed by atoms with Crippen molar-refractivity contribution in [2.75, 3.05) is 0 Å². The maximum atomic E-state index is 11.5. The van der Waals surface area contributed by atoms with E-state index in [0.717, 1.165) is 87.6 Å². The van der Waals surface area contributed by atoms with Gasteiger partial charge in [0.05, 0.1) is 34.0 Å². The third-order valence-electron chi connectivity index (χ3n) is 21.6. The molecule has 10 aromatic carbocycles. The fourth-order valence-electron chi connectivity index (χ4n) is 15.1. The number of hydrogen-bond donors (Lipinski definition) is 2. The number of aliphatic hydroxyl groups is 1. The molecule has 23 nitrogen and oxygen atoms in total. The van der Waals surface area contributed by atoms with Crippen LogP contribution in [0, 0.1) is 76.2 Å². The minimum atomic E-state index is -0.990. The minimum absolute atomic E-state index is 0. The standard InChI is InChI=1S/C19H16N.C18H14N.5C12H7N2O.C12H10N.C6H5NO2.C5H8O2.5Ir/c1-14-10-15(2)12-18(11-14)16-6-5-7-17(13-16)19-8-3-4-9-20-19;1-14-6-4-7-15(12-14)16-8-5-9-17(13-16)18-10-2-3-11-19-18;5*15-11-5-7-13-12-10-4-2-1-3-9(10)6-8-14(11)12;1-10-6-5-9-13-12(10)11-7-3-2-4-8-11;8-6(9)5-3-1-2-4-7-5;1-4(6)3-5(2)7;;;;;/h3-6,8-13H,1-2H3;2-8,10-13H,1H3;5*1-3,5-8H;2-7,9H,1H3;1-4H,(H,8,9);3,6H,1-2H3;;;;;/q8*-1;;;;;;;. The average Bonchev–Trinajstić information content (AvgIpc) is 0.799. The van der Waals surface area contributed by atoms with Gasteiger partial charge >= 0.3 is 5.97 Å². The van der Waals surface area contributed by atoms with Crippen LogP contribution in [0.3, 0.4) is 0 Å². The molecule has 0 aliphatic carbocycles. The molecule has 745 valence electrons. The van der Waals surface area contributed by atoms with Gasteiger partial charge in [-0.15, -0.1) is 282 Å². The van der Waals surface area contributed by atoms with Gasteiger partial charge in [0.25, 0.3) is 0 Å². The van der Waals surface area contributed by atoms with E-state index < -0.39 is 5.97 Å². The Morgan fingerprint density at radius 2 is 0.601 bits per heavy atom. The molecule has 14 aromatic heterocycles. The fourth-order valence-corrected chi connectivity index (χ4v) is 15.1. The first-order valence-electron chi connectivity index (χ1n) is 44.9. The second-order valence-corrected chi connectivity index (χ2v) is 32.0. The molecule has 0 aliphatic heterocycles. The SMILES string of the molecule is CC(=O)C=C(C)O.Cc1cc(C)cc(-c2cc[c-]c(-c3ccccn3)c2)c1.Cc1cccc(-c2cc[c-]c(-c3ccccn3)c2)c1.Cc1cccnc1-c1[c-]cccc1.O=C(O)c1ccccn1.O=c1ccnc2c3[c-]cccc3ccn12.O=c1ccnc2c3[c-]cccc3ccn12.O=c1ccnc2c3[c-]cccc3ccn12.O=c1ccnc2c3[c-]cccc3ccn12.O=c1ccnc2c3[c-]cccc3ccn12.[Ir].[Ir].[Ir].[Ir].[Ir]. The van der Waals surface area contributed by atoms with E-state index in [0.29, 0.717) is 28.2 Å². The van der Waals surface area contributed by atoms with Crippen LogP contribution in [0.15, 0.2) is 444 Å². The van der Waals surface area contributed by atoms with Crippen LogP contribution < -0.4 is 27.8 Å². The number of aromatic carboxylic acids is 1. The van der Waals surface area contributed by atoms with Gasteiger partial charge < -0.3 is 47.2 Å². The minimum Gasteiger partial charge on any atom is -0.512 e. The van der Waals surface area contributed by atoms with Crippen LogP contribution in [0.5, 0.6) is 0 Å². The number of pyridine rings is 9. The van der Waals surface area contributed by atoms with E-state index in [1.807, 2.05) is 219 Å². The van der Waals surface area contributed by atoms with E-state index in [1.54, 1.807) is 43.1 Å². The topological polar surface area (TPSA) is 298 Å². The molecule has 0 fully saturated rings. The molecule has 0 aliphatic rings. The molecule has 0 saturated carbocycles. The normalized spacial score (nSPS) is 10.2. The van der Waals surface area contributed by atoms with E-state index in [-0.39, 0.29) is 146 Å². The quantitative estimate of drug-likeness (QED) is 0.0648. The van der Waals surface area contributed by atoms with Crippen molar-refractivity contribution in [3.05, 3.63) is 548 Å². The third kappa shape index (κ3) is 30.3. The van der Waals surface area contributed by atoms with Gasteiger partial charge in [-0.2, -0.15) is 0 Å². The van der Waals surface area contributed by atoms with Gasteiger partial charge in [-0.25, -0.2) is 9.78 Å². The summed E-state index contributed by atoms with van der Waals surface area (Å²) in [5.41, 5.74) is 18.9. The first-order chi connectivity index (χ1) is 69.7. The second-order valence-electron chi connectivity index (χ2n) is 32.0. The molecule has 0 unspecified atom stereocenters. The van der Waals surface area contributed by atoms with Gasteiger partial charge in [-0.1, -0.05) is 131 Å². The molecule has 14 heterocycles. The summed E-state index contributed by atoms with van der Waals surface area (Å²) >= 11 is 0. The summed E-state index contributed by atoms with van der Waals surface area (Å²) in [4.78, 5) is 115. The Balaban J connectivity index is 0.000000169. The predicted octanol–water partition coefficient (Wildman–Crippen LogP) is 22.3. The van der Waals surface area contributed by atoms with Gasteiger partial charge in [-0.3, -0.25) is 53.7 Å². The predicted molar refractivity (Wildman–Crippen MR) is 563 cm³/mol. The Bertz CT molecular complexity index is 8260. The van der Waals surface area contributed by atoms with Gasteiger partial charge in [0.2, 0.25) is 27.8 Å². The van der Waals surface area contributed by atoms with Crippen molar-refractivity contribution < 1.29 is 120 Å². The van der Waals surface area contributed by atoms with Crippen molar-refractivity contribution in [1.29, 1.82) is 0 Å². The van der Waals surface area contributed by atoms with Crippen molar-refractivity contribution in [3.8, 4) is 56.0 Å². The fraction of sp³-hybridized carbons (Fsp3) is 0.0500. The van der Waals surface area contributed by atoms with Crippen LogP contribution >= 0.6 is 0 Å². The zero-order chi connectivity index (χ0) is 99.9. The number of carbonyl (C=O) groups is 2. The number of aromatic nitrogens is 14. The van der Waals surface area contributed by atoms with Crippen molar-refractivity contribution >= 4 is 93.9 Å². The maximum absolute atomic E-state index is 11.5. The second kappa shape index (κ2) is 56.3. The van der Waals surface area contributed by atoms with Gasteiger partial charge in [0.15, 0.2) is 5.78 Å². The molecule has 24 aromatic rings. The van der Waals surface area contributed by atoms with Crippen molar-refractivity contribution in [2.24, 2.45) is 0 Å². The van der Waals surface area contributed by atoms with E-state index in [1.165, 1.54) is 160 Å². The Kier molecular flexibility index (Phi) is 43.3. The maximum Gasteiger partial charge on any atom is 0.354 e. The van der Waals surface area contributed by atoms with Crippen LogP contribution in [0.4, 0.5) is 0 Å². The number of carbonyl (C=O) groups excluding carboxylic acids is 1. The average molecular weight is 2830 g/mol. The zero-order valence-corrected chi connectivity index (χ0v) is 91.9. The number of allylic oxidation sites excluding steroid dienone is 2. The molecule has 2 N–H and O–H groups in total. The number of aryl methyl sites for hydroxylation is 4. The number of ketones is 1. The number of carboxylic acid groups (broad SMARTS) is 1. The van der Waals surface area contributed by atoms with Crippen molar-refractivity contribution in [1.82, 2.24) is 66.9 Å². The number of benzene rings is 10. The molecule has 0 saturated heterocycles. The van der Waals surface area contributed by atoms with E-state index in [2.05, 4.69) is 194 Å². The van der Waals surface area contributed by atoms with Crippen LogP contribution in [-0.4, -0.2) is 88.8 Å². The molecule has 0 bridgehead atoms. The number of hydrogen-bond acceptors (Lipinski definition) is 17. The summed E-state index contributed by atoms with van der Waals surface area (Å²) in [6.45, 7) is 11.3. The molecule has 28 heteroatoms. The van der Waals surface area contributed by atoms with Gasteiger partial charge in [0, 0.05) is 193 Å². The Morgan fingerprint density at radius 1 is 0.270 bits per heavy atom. The molecular formula is C120H88Ir5N14O9-8. The van der Waals surface area contributed by atoms with Crippen LogP contribution in [0.2, 0.25) is 0 Å². The monoisotopic (exact) mass is 2830 g/mol. The summed E-state index contributed by atoms with van der Waals surface area (Å²) in [6, 6.07) is 126. The van der Waals surface area contributed by atoms with E-state index >= 15 is 0 Å². The summed E-state index contributed by atoms with van der Waals surface area (Å²) in [6.07, 6.45) is 24.4. The summed E-state index contributed by atoms with van der Waals surface area (Å²) in [5.74, 6) is -1.05. The van der Waals surface area contributed by atoms with Gasteiger partial charge in [0.1, 0.15) is 5.69 Å². The first kappa shape index (κ1) is 114. The van der Waals surface area contributed by atoms with Crippen LogP contribution in [-0.2, 0) is 105 Å². The molecule has 5 radical (unpaired) electrons. The zero-order valence-electron chi connectivity index (χ0n) is 79.9. The Hall–Kier alpha value is -16.2. The molecular weight excluding hydrogens is 2740 g/mol. The number of nitrogens with zero attached hydrogens (tertiary/aromatic N) is 14. The molecule has 0 spiro atoms. The van der Waals surface area contributed by atoms with E-state index in [9.17, 15) is 33.6 Å². The third-order valence-corrected chi connectivity index (χ3v) is 21.6. The van der Waals surface area contributed by atoms with Gasteiger partial charge in [-0.05, 0) is 131 Å². The molecule has 148 heavy (non-hydrogen) atoms. The van der Waals surface area contributed by atoms with Crippen molar-refractivity contribution in [2.45, 2.75) is 41.5 Å². The smallest absolute Gasteiger partial charge is 0.354 e. The first-order valence-corrected chi connectivity index (χ1v) is 44.9. The summed E-state index contributed by atoms with van der Waals surface area (Å²) in [7, 11) is 0. The Labute approximate surface area is 918 Å². The molecule has 0 atom stereocenters. The molecule has 24 rings (SSSR count). The Morgan fingerprint density at radius 3 is 0.905 bits per heavy atom. The summed E-state index contributed by atoms with van der Waals surface area (Å²) in [5, 5.41) is 26.2. The van der Waals surface area contributed by atoms with Crippen LogP contribution in [0.25, 0.3) is 138 Å². The van der Waals surface area contributed by atoms with Crippen molar-refractivity contribution in [3.63, 3.8) is 0 Å². The summed E-state index contributed by atoms with van der Waals surface area (Å²) < 4.78 is 7.63. The van der Waals surface area contributed by atoms with E-state index in [4.69, 9.17) is 10.2 Å². The number of rotatable bonds is 7. The number of aliphatic hydroxyl groups excluding tert-OH is 1. The molecule has 0 amide bonds. The van der Waals surface area contributed by atoms with Crippen LogP contribution in [0.1, 0.15) is 46.6 Å². The number of fused-ring (bicyclic) bond motifs is 15. The number of carboxylic acids is 1. The largest absolute Gasteiger partial charge is 0.512 e.